The Balaban J connectivity index is 2.37. The molecule has 0 amide bonds. The van der Waals surface area contributed by atoms with Crippen molar-refractivity contribution in [2.75, 3.05) is 0 Å². The Morgan fingerprint density at radius 3 is 2.26 bits per heavy atom. The summed E-state index contributed by atoms with van der Waals surface area (Å²) in [5.41, 5.74) is 0.866. The lowest BCUT2D eigenvalue weighted by Gasteiger charge is -2.32. The molecule has 0 saturated carbocycles. The Kier molecular flexibility index (Phi) is 3.27. The SMILES string of the molecule is CCc1c(C(=O)O)c[nH]c1B1OC(C)(C)C(C)(C)O1. The molecule has 0 atom stereocenters. The van der Waals surface area contributed by atoms with E-state index in [2.05, 4.69) is 4.98 Å². The standard InChI is InChI=1S/C13H20BNO4/c1-6-8-9(11(16)17)7-15-10(8)14-18-12(2,3)13(4,5)19-14/h7,15H,6H2,1-5H3,(H,16,17). The maximum absolute atomic E-state index is 11.2. The minimum Gasteiger partial charge on any atom is -0.478 e. The molecule has 2 rings (SSSR count). The molecule has 0 bridgehead atoms. The number of nitrogens with one attached hydrogen (secondary N) is 1. The molecule has 104 valence electrons. The molecule has 0 aromatic carbocycles. The van der Waals surface area contributed by atoms with E-state index in [4.69, 9.17) is 14.4 Å². The van der Waals surface area contributed by atoms with Gasteiger partial charge in [0.1, 0.15) is 0 Å². The Morgan fingerprint density at radius 1 is 1.32 bits per heavy atom. The minimum absolute atomic E-state index is 0.284. The zero-order valence-electron chi connectivity index (χ0n) is 12.0. The van der Waals surface area contributed by atoms with Gasteiger partial charge in [0.25, 0.3) is 0 Å². The van der Waals surface area contributed by atoms with Gasteiger partial charge in [-0.3, -0.25) is 0 Å². The van der Waals surface area contributed by atoms with Crippen LogP contribution in [0.25, 0.3) is 0 Å². The van der Waals surface area contributed by atoms with Crippen LogP contribution in [0.15, 0.2) is 6.20 Å². The molecule has 0 aliphatic carbocycles. The van der Waals surface area contributed by atoms with Crippen molar-refractivity contribution in [2.24, 2.45) is 0 Å². The molecule has 2 N–H and O–H groups in total. The number of H-pyrrole nitrogens is 1. The van der Waals surface area contributed by atoms with Gasteiger partial charge in [0.2, 0.25) is 0 Å². The van der Waals surface area contributed by atoms with E-state index in [0.717, 1.165) is 5.56 Å². The van der Waals surface area contributed by atoms with Crippen LogP contribution >= 0.6 is 0 Å². The molecule has 1 fully saturated rings. The van der Waals surface area contributed by atoms with Gasteiger partial charge >= 0.3 is 13.1 Å². The predicted octanol–water partition coefficient (Wildman–Crippen LogP) is 1.57. The minimum atomic E-state index is -0.934. The highest BCUT2D eigenvalue weighted by molar-refractivity contribution is 6.62. The average molecular weight is 265 g/mol. The summed E-state index contributed by atoms with van der Waals surface area (Å²) in [5.74, 6) is -0.934. The molecule has 1 aliphatic rings. The van der Waals surface area contributed by atoms with Crippen molar-refractivity contribution in [3.05, 3.63) is 17.3 Å². The van der Waals surface area contributed by atoms with E-state index in [1.807, 2.05) is 34.6 Å². The lowest BCUT2D eigenvalue weighted by Crippen LogP contribution is -2.41. The molecule has 6 heteroatoms. The van der Waals surface area contributed by atoms with Gasteiger partial charge in [-0.1, -0.05) is 6.92 Å². The highest BCUT2D eigenvalue weighted by Crippen LogP contribution is 2.36. The number of aromatic carboxylic acids is 1. The number of hydrogen-bond donors (Lipinski definition) is 2. The van der Waals surface area contributed by atoms with E-state index >= 15 is 0 Å². The van der Waals surface area contributed by atoms with Crippen LogP contribution in [-0.2, 0) is 15.7 Å². The summed E-state index contributed by atoms with van der Waals surface area (Å²) in [7, 11) is -0.548. The average Bonchev–Trinajstić information content (AvgIpc) is 2.77. The first-order valence-corrected chi connectivity index (χ1v) is 6.48. The summed E-state index contributed by atoms with van der Waals surface area (Å²) >= 11 is 0. The number of carboxylic acids is 1. The van der Waals surface area contributed by atoms with Gasteiger partial charge in [0.15, 0.2) is 0 Å². The van der Waals surface area contributed by atoms with Gasteiger partial charge in [0, 0.05) is 11.8 Å². The second-order valence-electron chi connectivity index (χ2n) is 5.84. The van der Waals surface area contributed by atoms with Crippen molar-refractivity contribution < 1.29 is 19.2 Å². The Morgan fingerprint density at radius 2 is 1.84 bits per heavy atom. The first-order valence-electron chi connectivity index (χ1n) is 6.48. The van der Waals surface area contributed by atoms with Crippen molar-refractivity contribution in [3.8, 4) is 0 Å². The zero-order valence-corrected chi connectivity index (χ0v) is 12.0. The fraction of sp³-hybridized carbons (Fsp3) is 0.615. The van der Waals surface area contributed by atoms with Crippen molar-refractivity contribution in [2.45, 2.75) is 52.2 Å². The van der Waals surface area contributed by atoms with E-state index in [-0.39, 0.29) is 5.56 Å². The van der Waals surface area contributed by atoms with Crippen molar-refractivity contribution >= 4 is 18.7 Å². The lowest BCUT2D eigenvalue weighted by molar-refractivity contribution is 0.00578. The molecular weight excluding hydrogens is 245 g/mol. The largest absolute Gasteiger partial charge is 0.512 e. The highest BCUT2D eigenvalue weighted by atomic mass is 16.7. The molecule has 1 aliphatic heterocycles. The van der Waals surface area contributed by atoms with Gasteiger partial charge < -0.3 is 19.4 Å². The third kappa shape index (κ3) is 2.19. The monoisotopic (exact) mass is 265 g/mol. The molecule has 19 heavy (non-hydrogen) atoms. The first kappa shape index (κ1) is 14.2. The first-order chi connectivity index (χ1) is 8.69. The maximum Gasteiger partial charge on any atom is 0.512 e. The van der Waals surface area contributed by atoms with Gasteiger partial charge in [-0.2, -0.15) is 0 Å². The number of rotatable bonds is 3. The molecule has 1 aromatic rings. The van der Waals surface area contributed by atoms with E-state index < -0.39 is 24.3 Å². The fourth-order valence-electron chi connectivity index (χ4n) is 2.21. The zero-order chi connectivity index (χ0) is 14.4. The predicted molar refractivity (Wildman–Crippen MR) is 72.8 cm³/mol. The number of aromatic amines is 1. The van der Waals surface area contributed by atoms with Crippen LogP contribution in [0, 0.1) is 0 Å². The Bertz CT molecular complexity index is 491. The van der Waals surface area contributed by atoms with Crippen LogP contribution in [-0.4, -0.2) is 34.4 Å². The lowest BCUT2D eigenvalue weighted by atomic mass is 9.80. The number of aromatic nitrogens is 1. The van der Waals surface area contributed by atoms with E-state index in [1.165, 1.54) is 6.20 Å². The summed E-state index contributed by atoms with van der Waals surface area (Å²) in [4.78, 5) is 14.2. The smallest absolute Gasteiger partial charge is 0.478 e. The second kappa shape index (κ2) is 4.39. The molecule has 1 aromatic heterocycles. The molecule has 0 spiro atoms. The third-order valence-corrected chi connectivity index (χ3v) is 4.10. The van der Waals surface area contributed by atoms with Gasteiger partial charge in [-0.15, -0.1) is 0 Å². The van der Waals surface area contributed by atoms with Crippen LogP contribution in [0.3, 0.4) is 0 Å². The number of carboxylic acid groups (broad SMARTS) is 1. The van der Waals surface area contributed by atoms with Gasteiger partial charge in [0.05, 0.1) is 16.8 Å². The van der Waals surface area contributed by atoms with E-state index in [0.29, 0.717) is 12.0 Å². The van der Waals surface area contributed by atoms with Crippen LogP contribution in [0.5, 0.6) is 0 Å². The Labute approximate surface area is 113 Å². The summed E-state index contributed by atoms with van der Waals surface area (Å²) in [6.07, 6.45) is 2.12. The second-order valence-corrected chi connectivity index (χ2v) is 5.84. The van der Waals surface area contributed by atoms with Crippen molar-refractivity contribution in [3.63, 3.8) is 0 Å². The highest BCUT2D eigenvalue weighted by Gasteiger charge is 2.52. The number of hydrogen-bond acceptors (Lipinski definition) is 3. The summed E-state index contributed by atoms with van der Waals surface area (Å²) in [6.45, 7) is 9.81. The quantitative estimate of drug-likeness (QED) is 0.814. The topological polar surface area (TPSA) is 71.5 Å². The molecule has 2 heterocycles. The van der Waals surface area contributed by atoms with Crippen LogP contribution in [0.1, 0.15) is 50.5 Å². The maximum atomic E-state index is 11.2. The molecule has 0 radical (unpaired) electrons. The van der Waals surface area contributed by atoms with Gasteiger partial charge in [-0.25, -0.2) is 4.79 Å². The number of carbonyl (C=O) groups is 1. The van der Waals surface area contributed by atoms with E-state index in [1.54, 1.807) is 0 Å². The van der Waals surface area contributed by atoms with Crippen LogP contribution in [0.2, 0.25) is 0 Å². The normalized spacial score (nSPS) is 20.8. The van der Waals surface area contributed by atoms with Crippen molar-refractivity contribution in [1.82, 2.24) is 4.98 Å². The molecule has 0 unspecified atom stereocenters. The van der Waals surface area contributed by atoms with Crippen molar-refractivity contribution in [1.29, 1.82) is 0 Å². The van der Waals surface area contributed by atoms with Gasteiger partial charge in [-0.05, 0) is 39.7 Å². The summed E-state index contributed by atoms with van der Waals surface area (Å²) in [6, 6.07) is 0. The molecule has 1 saturated heterocycles. The summed E-state index contributed by atoms with van der Waals surface area (Å²) in [5, 5.41) is 9.16. The molecular formula is C13H20BNO4. The Hall–Kier alpha value is -1.27. The summed E-state index contributed by atoms with van der Waals surface area (Å²) < 4.78 is 11.9. The molecule has 5 nitrogen and oxygen atoms in total. The fourth-order valence-corrected chi connectivity index (χ4v) is 2.21. The van der Waals surface area contributed by atoms with Crippen LogP contribution in [0.4, 0.5) is 0 Å². The van der Waals surface area contributed by atoms with Crippen LogP contribution < -0.4 is 5.59 Å². The van der Waals surface area contributed by atoms with E-state index in [9.17, 15) is 4.79 Å². The third-order valence-electron chi connectivity index (χ3n) is 4.10.